The molecule has 0 amide bonds. The first-order chi connectivity index (χ1) is 10.1. The van der Waals surface area contributed by atoms with Crippen molar-refractivity contribution in [2.75, 3.05) is 20.3 Å². The Morgan fingerprint density at radius 1 is 1.38 bits per heavy atom. The van der Waals surface area contributed by atoms with E-state index in [9.17, 15) is 0 Å². The summed E-state index contributed by atoms with van der Waals surface area (Å²) in [7, 11) is 1.76. The zero-order valence-electron chi connectivity index (χ0n) is 12.2. The van der Waals surface area contributed by atoms with Gasteiger partial charge in [-0.25, -0.2) is 5.84 Å². The van der Waals surface area contributed by atoms with E-state index in [0.29, 0.717) is 12.3 Å². The van der Waals surface area contributed by atoms with Crippen molar-refractivity contribution in [3.05, 3.63) is 40.0 Å². The van der Waals surface area contributed by atoms with E-state index in [1.54, 1.807) is 7.05 Å². The summed E-state index contributed by atoms with van der Waals surface area (Å²) >= 11 is 3.41. The molecule has 1 saturated heterocycles. The standard InChI is InChI=1S/C15H22BrN3O2/c1-19(18)13(10-21-14-4-2-3-9-20-14)15(17)11-5-7-12(16)8-6-11/h5-8,14H,2-4,9-10,17-18H2,1H3/b15-13-. The Balaban J connectivity index is 2.08. The number of likely N-dealkylation sites (N-methyl/N-ethyl adjacent to an activating group) is 1. The summed E-state index contributed by atoms with van der Waals surface area (Å²) in [6.07, 6.45) is 2.98. The van der Waals surface area contributed by atoms with Crippen LogP contribution in [0.25, 0.3) is 5.70 Å². The third-order valence-electron chi connectivity index (χ3n) is 3.44. The number of hydrazine groups is 1. The van der Waals surface area contributed by atoms with Crippen LogP contribution in [0.5, 0.6) is 0 Å². The maximum Gasteiger partial charge on any atom is 0.158 e. The molecule has 5 nitrogen and oxygen atoms in total. The lowest BCUT2D eigenvalue weighted by molar-refractivity contribution is -0.158. The topological polar surface area (TPSA) is 73.7 Å². The Morgan fingerprint density at radius 2 is 2.10 bits per heavy atom. The van der Waals surface area contributed by atoms with Crippen molar-refractivity contribution in [2.45, 2.75) is 25.6 Å². The average molecular weight is 356 g/mol. The molecule has 1 unspecified atom stereocenters. The second kappa shape index (κ2) is 7.79. The summed E-state index contributed by atoms with van der Waals surface area (Å²) in [5.74, 6) is 5.89. The summed E-state index contributed by atoms with van der Waals surface area (Å²) in [6.45, 7) is 1.09. The van der Waals surface area contributed by atoms with E-state index in [4.69, 9.17) is 21.1 Å². The lowest BCUT2D eigenvalue weighted by atomic mass is 10.1. The summed E-state index contributed by atoms with van der Waals surface area (Å²) in [5, 5.41) is 1.50. The van der Waals surface area contributed by atoms with Crippen LogP contribution in [0.1, 0.15) is 24.8 Å². The minimum atomic E-state index is -0.161. The van der Waals surface area contributed by atoms with Crippen molar-refractivity contribution < 1.29 is 9.47 Å². The third kappa shape index (κ3) is 4.71. The number of nitrogens with two attached hydrogens (primary N) is 2. The Labute approximate surface area is 134 Å². The molecule has 4 N–H and O–H groups in total. The van der Waals surface area contributed by atoms with Crippen LogP contribution in [0.15, 0.2) is 34.4 Å². The lowest BCUT2D eigenvalue weighted by Gasteiger charge is -2.26. The zero-order valence-corrected chi connectivity index (χ0v) is 13.8. The van der Waals surface area contributed by atoms with Crippen LogP contribution >= 0.6 is 15.9 Å². The Hall–Kier alpha value is -1.08. The van der Waals surface area contributed by atoms with E-state index in [1.807, 2.05) is 24.3 Å². The van der Waals surface area contributed by atoms with Crippen LogP contribution in [-0.4, -0.2) is 31.6 Å². The summed E-state index contributed by atoms with van der Waals surface area (Å²) in [6, 6.07) is 7.78. The molecule has 0 aliphatic carbocycles. The lowest BCUT2D eigenvalue weighted by Crippen LogP contribution is -2.32. The van der Waals surface area contributed by atoms with Gasteiger partial charge in [0.2, 0.25) is 0 Å². The predicted octanol–water partition coefficient (Wildman–Crippen LogP) is 2.43. The summed E-state index contributed by atoms with van der Waals surface area (Å²) in [5.41, 5.74) is 8.50. The SMILES string of the molecule is CN(N)/C(COC1CCCCO1)=C(\N)c1ccc(Br)cc1. The minimum absolute atomic E-state index is 0.161. The molecule has 0 spiro atoms. The molecule has 0 radical (unpaired) electrons. The zero-order chi connectivity index (χ0) is 15.2. The van der Waals surface area contributed by atoms with E-state index < -0.39 is 0 Å². The smallest absolute Gasteiger partial charge is 0.158 e. The number of halogens is 1. The van der Waals surface area contributed by atoms with Gasteiger partial charge >= 0.3 is 0 Å². The molecule has 2 rings (SSSR count). The molecule has 1 fully saturated rings. The van der Waals surface area contributed by atoms with E-state index >= 15 is 0 Å². The molecule has 0 aromatic heterocycles. The van der Waals surface area contributed by atoms with Crippen molar-refractivity contribution >= 4 is 21.6 Å². The largest absolute Gasteiger partial charge is 0.397 e. The molecule has 6 heteroatoms. The predicted molar refractivity (Wildman–Crippen MR) is 86.7 cm³/mol. The van der Waals surface area contributed by atoms with Crippen LogP contribution < -0.4 is 11.6 Å². The van der Waals surface area contributed by atoms with Crippen molar-refractivity contribution in [1.29, 1.82) is 0 Å². The molecule has 21 heavy (non-hydrogen) atoms. The first-order valence-corrected chi connectivity index (χ1v) is 7.83. The molecule has 0 saturated carbocycles. The molecule has 1 heterocycles. The van der Waals surface area contributed by atoms with E-state index in [-0.39, 0.29) is 6.29 Å². The normalized spacial score (nSPS) is 20.0. The molecule has 1 aliphatic heterocycles. The van der Waals surface area contributed by atoms with Crippen LogP contribution in [0.4, 0.5) is 0 Å². The van der Waals surface area contributed by atoms with Gasteiger partial charge in [0.25, 0.3) is 0 Å². The monoisotopic (exact) mass is 355 g/mol. The molecule has 1 aromatic carbocycles. The third-order valence-corrected chi connectivity index (χ3v) is 3.96. The van der Waals surface area contributed by atoms with Gasteiger partial charge in [-0.3, -0.25) is 0 Å². The molecule has 1 aromatic rings. The first-order valence-electron chi connectivity index (χ1n) is 7.04. The van der Waals surface area contributed by atoms with Gasteiger partial charge < -0.3 is 20.2 Å². The number of hydrogen-bond acceptors (Lipinski definition) is 5. The van der Waals surface area contributed by atoms with Crippen molar-refractivity contribution in [3.63, 3.8) is 0 Å². The summed E-state index contributed by atoms with van der Waals surface area (Å²) in [4.78, 5) is 0. The van der Waals surface area contributed by atoms with Gasteiger partial charge in [0.05, 0.1) is 18.0 Å². The van der Waals surface area contributed by atoms with E-state index in [0.717, 1.165) is 41.6 Å². The molecule has 0 bridgehead atoms. The molecule has 116 valence electrons. The van der Waals surface area contributed by atoms with Crippen LogP contribution in [0.2, 0.25) is 0 Å². The summed E-state index contributed by atoms with van der Waals surface area (Å²) < 4.78 is 12.3. The number of benzene rings is 1. The van der Waals surface area contributed by atoms with Crippen LogP contribution in [-0.2, 0) is 9.47 Å². The number of rotatable bonds is 5. The average Bonchev–Trinajstić information content (AvgIpc) is 2.48. The van der Waals surface area contributed by atoms with Crippen molar-refractivity contribution in [3.8, 4) is 0 Å². The minimum Gasteiger partial charge on any atom is -0.397 e. The maximum absolute atomic E-state index is 6.23. The van der Waals surface area contributed by atoms with Crippen LogP contribution in [0.3, 0.4) is 0 Å². The van der Waals surface area contributed by atoms with Gasteiger partial charge in [0.15, 0.2) is 6.29 Å². The molecule has 1 atom stereocenters. The van der Waals surface area contributed by atoms with Crippen LogP contribution in [0, 0.1) is 0 Å². The Morgan fingerprint density at radius 3 is 2.67 bits per heavy atom. The first kappa shape index (κ1) is 16.3. The van der Waals surface area contributed by atoms with E-state index in [2.05, 4.69) is 15.9 Å². The number of hydrogen-bond donors (Lipinski definition) is 2. The van der Waals surface area contributed by atoms with Gasteiger partial charge in [-0.2, -0.15) is 0 Å². The van der Waals surface area contributed by atoms with Crippen molar-refractivity contribution in [1.82, 2.24) is 5.01 Å². The Bertz CT molecular complexity index is 482. The van der Waals surface area contributed by atoms with Gasteiger partial charge in [0.1, 0.15) is 0 Å². The van der Waals surface area contributed by atoms with E-state index in [1.165, 1.54) is 5.01 Å². The fourth-order valence-electron chi connectivity index (χ4n) is 2.18. The van der Waals surface area contributed by atoms with Gasteiger partial charge in [0, 0.05) is 18.1 Å². The molecular weight excluding hydrogens is 334 g/mol. The quantitative estimate of drug-likeness (QED) is 0.626. The van der Waals surface area contributed by atoms with Gasteiger partial charge in [-0.15, -0.1) is 0 Å². The van der Waals surface area contributed by atoms with Crippen molar-refractivity contribution in [2.24, 2.45) is 11.6 Å². The highest BCUT2D eigenvalue weighted by Gasteiger charge is 2.17. The van der Waals surface area contributed by atoms with Gasteiger partial charge in [-0.05, 0) is 37.0 Å². The van der Waals surface area contributed by atoms with Gasteiger partial charge in [-0.1, -0.05) is 28.1 Å². The maximum atomic E-state index is 6.23. The second-order valence-electron chi connectivity index (χ2n) is 5.09. The Kier molecular flexibility index (Phi) is 6.05. The highest BCUT2D eigenvalue weighted by Crippen LogP contribution is 2.20. The number of ether oxygens (including phenoxy) is 2. The highest BCUT2D eigenvalue weighted by molar-refractivity contribution is 9.10. The molecule has 1 aliphatic rings. The fraction of sp³-hybridized carbons (Fsp3) is 0.467. The highest BCUT2D eigenvalue weighted by atomic mass is 79.9. The molecular formula is C15H22BrN3O2. The number of nitrogens with zero attached hydrogens (tertiary/aromatic N) is 1. The fourth-order valence-corrected chi connectivity index (χ4v) is 2.44. The second-order valence-corrected chi connectivity index (χ2v) is 6.00.